The zero-order chi connectivity index (χ0) is 26.7. The Bertz CT molecular complexity index is 1350. The average molecular weight is 503 g/mol. The summed E-state index contributed by atoms with van der Waals surface area (Å²) in [5.41, 5.74) is 9.32. The van der Waals surface area contributed by atoms with Gasteiger partial charge in [0, 0.05) is 40.2 Å². The summed E-state index contributed by atoms with van der Waals surface area (Å²) in [5.74, 6) is -0.466. The Labute approximate surface area is 218 Å². The third-order valence-electron chi connectivity index (χ3n) is 7.71. The molecule has 4 N–H and O–H groups in total. The number of rotatable bonds is 8. The minimum Gasteiger partial charge on any atom is -0.465 e. The van der Waals surface area contributed by atoms with E-state index in [9.17, 15) is 9.59 Å². The van der Waals surface area contributed by atoms with E-state index in [0.29, 0.717) is 39.9 Å². The predicted octanol–water partition coefficient (Wildman–Crippen LogP) is 5.76. The summed E-state index contributed by atoms with van der Waals surface area (Å²) in [5, 5.41) is 8.73. The first-order valence-electron chi connectivity index (χ1n) is 13.3. The molecule has 1 saturated heterocycles. The molecule has 0 amide bonds. The maximum atomic E-state index is 13.3. The Hall–Kier alpha value is -3.45. The van der Waals surface area contributed by atoms with E-state index in [-0.39, 0.29) is 17.4 Å². The Morgan fingerprint density at radius 2 is 1.89 bits per heavy atom. The van der Waals surface area contributed by atoms with Crippen molar-refractivity contribution in [1.82, 2.24) is 9.88 Å². The first kappa shape index (κ1) is 26.6. The van der Waals surface area contributed by atoms with Crippen molar-refractivity contribution in [3.8, 4) is 11.1 Å². The summed E-state index contributed by atoms with van der Waals surface area (Å²) in [4.78, 5) is 31.6. The number of esters is 1. The van der Waals surface area contributed by atoms with Crippen LogP contribution in [0.3, 0.4) is 0 Å². The summed E-state index contributed by atoms with van der Waals surface area (Å²) in [6, 6.07) is 13.7. The molecule has 1 fully saturated rings. The third kappa shape index (κ3) is 5.47. The van der Waals surface area contributed by atoms with Crippen molar-refractivity contribution in [2.75, 3.05) is 7.11 Å². The number of nitrogens with two attached hydrogens (primary N) is 1. The lowest BCUT2D eigenvalue weighted by atomic mass is 9.87. The van der Waals surface area contributed by atoms with Gasteiger partial charge < -0.3 is 15.5 Å². The molecule has 0 bridgehead atoms. The van der Waals surface area contributed by atoms with Crippen molar-refractivity contribution in [3.05, 3.63) is 69.5 Å². The lowest BCUT2D eigenvalue weighted by Crippen LogP contribution is -2.46. The number of piperidine rings is 1. The zero-order valence-electron chi connectivity index (χ0n) is 22.3. The Morgan fingerprint density at radius 1 is 1.16 bits per heavy atom. The number of H-pyrrole nitrogens is 1. The summed E-state index contributed by atoms with van der Waals surface area (Å²) < 4.78 is 5.07. The minimum atomic E-state index is -0.420. The first-order valence-corrected chi connectivity index (χ1v) is 13.3. The van der Waals surface area contributed by atoms with Gasteiger partial charge in [-0.25, -0.2) is 4.79 Å². The van der Waals surface area contributed by atoms with Crippen molar-refractivity contribution < 1.29 is 9.53 Å². The molecule has 3 atom stereocenters. The number of aromatic amines is 1. The molecule has 2 heterocycles. The van der Waals surface area contributed by atoms with Crippen LogP contribution < -0.4 is 11.3 Å². The third-order valence-corrected chi connectivity index (χ3v) is 7.71. The Kier molecular flexibility index (Phi) is 8.13. The molecule has 3 aromatic rings. The highest BCUT2D eigenvalue weighted by molar-refractivity contribution is 5.98. The van der Waals surface area contributed by atoms with Crippen molar-refractivity contribution in [2.24, 2.45) is 5.73 Å². The number of likely N-dealkylation sites (tertiary alicyclic amines) is 1. The van der Waals surface area contributed by atoms with Gasteiger partial charge in [0.1, 0.15) is 5.84 Å². The molecule has 1 aromatic heterocycles. The summed E-state index contributed by atoms with van der Waals surface area (Å²) in [7, 11) is 1.38. The smallest absolute Gasteiger partial charge is 0.337 e. The van der Waals surface area contributed by atoms with Crippen LogP contribution in [-0.4, -0.2) is 40.9 Å². The largest absolute Gasteiger partial charge is 0.465 e. The second kappa shape index (κ2) is 11.3. The van der Waals surface area contributed by atoms with E-state index >= 15 is 0 Å². The van der Waals surface area contributed by atoms with Gasteiger partial charge in [0.2, 0.25) is 0 Å². The fourth-order valence-electron chi connectivity index (χ4n) is 5.84. The lowest BCUT2D eigenvalue weighted by Gasteiger charge is -2.45. The van der Waals surface area contributed by atoms with Crippen LogP contribution in [0.25, 0.3) is 22.0 Å². The number of aromatic nitrogens is 1. The van der Waals surface area contributed by atoms with Crippen molar-refractivity contribution in [3.63, 3.8) is 0 Å². The molecule has 196 valence electrons. The molecule has 1 aliphatic rings. The first-order chi connectivity index (χ1) is 17.7. The molecule has 0 radical (unpaired) electrons. The molecular formula is C30H38N4O3. The van der Waals surface area contributed by atoms with Crippen LogP contribution in [0.1, 0.15) is 86.8 Å². The number of nitrogen functional groups attached to an aromatic ring is 1. The second-order valence-corrected chi connectivity index (χ2v) is 10.3. The van der Waals surface area contributed by atoms with Crippen molar-refractivity contribution in [1.29, 1.82) is 5.41 Å². The zero-order valence-corrected chi connectivity index (χ0v) is 22.3. The molecule has 0 spiro atoms. The highest BCUT2D eigenvalue weighted by Crippen LogP contribution is 2.39. The maximum absolute atomic E-state index is 13.3. The number of methoxy groups -OCH3 is 1. The number of nitrogens with zero attached hydrogens (tertiary/aromatic N) is 1. The molecule has 3 unspecified atom stereocenters. The van der Waals surface area contributed by atoms with Crippen molar-refractivity contribution >= 4 is 22.7 Å². The van der Waals surface area contributed by atoms with Gasteiger partial charge in [0.25, 0.3) is 5.56 Å². The number of hydrogen-bond acceptors (Lipinski definition) is 5. The van der Waals surface area contributed by atoms with E-state index in [1.807, 2.05) is 18.2 Å². The Morgan fingerprint density at radius 3 is 2.54 bits per heavy atom. The maximum Gasteiger partial charge on any atom is 0.337 e. The number of amidine groups is 1. The standard InChI is InChI=1S/C30H38N4O3/c1-5-6-13-27(34-18(2)9-7-10-19(34)3)25-15-22(30(36)37-4)16-26-24(25)17-23(29(35)33-26)20-11-8-12-21(14-20)28(31)32/h8,11-12,14-19,27H,5-7,9-10,13H2,1-4H3,(H3,31,32)(H,33,35). The number of benzene rings is 2. The molecular weight excluding hydrogens is 464 g/mol. The molecule has 0 aliphatic carbocycles. The van der Waals surface area contributed by atoms with Crippen LogP contribution in [-0.2, 0) is 4.74 Å². The van der Waals surface area contributed by atoms with E-state index in [1.165, 1.54) is 13.5 Å². The van der Waals surface area contributed by atoms with Crippen LogP contribution in [0.2, 0.25) is 0 Å². The summed E-state index contributed by atoms with van der Waals surface area (Å²) >= 11 is 0. The van der Waals surface area contributed by atoms with Crippen LogP contribution in [0, 0.1) is 5.41 Å². The number of fused-ring (bicyclic) bond motifs is 1. The van der Waals surface area contributed by atoms with E-state index < -0.39 is 5.97 Å². The van der Waals surface area contributed by atoms with Crippen LogP contribution >= 0.6 is 0 Å². The van der Waals surface area contributed by atoms with Gasteiger partial charge >= 0.3 is 5.97 Å². The van der Waals surface area contributed by atoms with Gasteiger partial charge in [-0.15, -0.1) is 0 Å². The number of pyridine rings is 1. The van der Waals surface area contributed by atoms with Crippen molar-refractivity contribution in [2.45, 2.75) is 77.4 Å². The van der Waals surface area contributed by atoms with Gasteiger partial charge in [-0.2, -0.15) is 0 Å². The lowest BCUT2D eigenvalue weighted by molar-refractivity contribution is 0.0494. The Balaban J connectivity index is 1.98. The monoisotopic (exact) mass is 502 g/mol. The van der Waals surface area contributed by atoms with E-state index in [0.717, 1.165) is 43.1 Å². The van der Waals surface area contributed by atoms with E-state index in [4.69, 9.17) is 15.9 Å². The molecule has 37 heavy (non-hydrogen) atoms. The van der Waals surface area contributed by atoms with Crippen LogP contribution in [0.15, 0.2) is 47.3 Å². The second-order valence-electron chi connectivity index (χ2n) is 10.3. The highest BCUT2D eigenvalue weighted by atomic mass is 16.5. The van der Waals surface area contributed by atoms with E-state index in [2.05, 4.69) is 30.7 Å². The normalized spacial score (nSPS) is 19.0. The minimum absolute atomic E-state index is 0.0461. The summed E-state index contributed by atoms with van der Waals surface area (Å²) in [6.07, 6.45) is 6.58. The molecule has 2 aromatic carbocycles. The van der Waals surface area contributed by atoms with Gasteiger partial charge in [-0.05, 0) is 68.5 Å². The van der Waals surface area contributed by atoms with Gasteiger partial charge in [-0.3, -0.25) is 15.1 Å². The van der Waals surface area contributed by atoms with Gasteiger partial charge in [-0.1, -0.05) is 44.4 Å². The molecule has 7 heteroatoms. The van der Waals surface area contributed by atoms with Crippen LogP contribution in [0.4, 0.5) is 0 Å². The highest BCUT2D eigenvalue weighted by Gasteiger charge is 2.33. The quantitative estimate of drug-likeness (QED) is 0.206. The fraction of sp³-hybridized carbons (Fsp3) is 0.433. The van der Waals surface area contributed by atoms with Gasteiger partial charge in [0.05, 0.1) is 12.7 Å². The fourth-order valence-corrected chi connectivity index (χ4v) is 5.84. The predicted molar refractivity (Wildman–Crippen MR) is 149 cm³/mol. The average Bonchev–Trinajstić information content (AvgIpc) is 2.88. The van der Waals surface area contributed by atoms with Crippen LogP contribution in [0.5, 0.6) is 0 Å². The molecule has 7 nitrogen and oxygen atoms in total. The number of unbranched alkanes of at least 4 members (excludes halogenated alkanes) is 1. The SMILES string of the molecule is CCCCC(c1cc(C(=O)OC)cc2[nH]c(=O)c(-c3cccc(C(=N)N)c3)cc12)N1C(C)CCCC1C. The summed E-state index contributed by atoms with van der Waals surface area (Å²) in [6.45, 7) is 6.78. The number of carbonyl (C=O) groups excluding carboxylic acids is 1. The number of carbonyl (C=O) groups is 1. The number of nitrogens with one attached hydrogen (secondary N) is 2. The van der Waals surface area contributed by atoms with Gasteiger partial charge in [0.15, 0.2) is 0 Å². The molecule has 1 aliphatic heterocycles. The van der Waals surface area contributed by atoms with E-state index in [1.54, 1.807) is 24.3 Å². The molecule has 0 saturated carbocycles. The number of ether oxygens (including phenoxy) is 1. The molecule has 4 rings (SSSR count). The topological polar surface area (TPSA) is 112 Å². The number of hydrogen-bond donors (Lipinski definition) is 3.